The van der Waals surface area contributed by atoms with Crippen molar-refractivity contribution >= 4 is 5.97 Å². The van der Waals surface area contributed by atoms with E-state index in [1.54, 1.807) is 19.5 Å². The lowest BCUT2D eigenvalue weighted by Crippen LogP contribution is -2.07. The van der Waals surface area contributed by atoms with E-state index in [9.17, 15) is 4.79 Å². The second-order valence-electron chi connectivity index (χ2n) is 3.22. The largest absolute Gasteiger partial charge is 0.473 e. The number of ether oxygens (including phenoxy) is 1. The zero-order valence-electron chi connectivity index (χ0n) is 9.03. The van der Waals surface area contributed by atoms with E-state index in [2.05, 4.69) is 4.42 Å². The van der Waals surface area contributed by atoms with E-state index in [1.807, 2.05) is 26.0 Å². The molecule has 0 radical (unpaired) electrons. The molecule has 0 amide bonds. The number of rotatable bonds is 3. The molecular weight excluding hydrogens is 180 g/mol. The third-order valence-electron chi connectivity index (χ3n) is 1.29. The predicted molar refractivity (Wildman–Crippen MR) is 54.8 cm³/mol. The van der Waals surface area contributed by atoms with Crippen LogP contribution in [0.1, 0.15) is 27.2 Å². The molecule has 3 heteroatoms. The molecule has 0 atom stereocenters. The molecular formula is C11H18O3. The molecule has 0 unspecified atom stereocenters. The standard InChI is InChI=1S/C7H14O2.C4H4O/c1-4-7(8)9-5-6(2)3;1-2-4-5-3-1/h6H,4-5H2,1-3H3;1-4H. The van der Waals surface area contributed by atoms with Crippen molar-refractivity contribution in [2.75, 3.05) is 6.61 Å². The molecule has 0 aromatic carbocycles. The third kappa shape index (κ3) is 8.84. The molecule has 3 nitrogen and oxygen atoms in total. The highest BCUT2D eigenvalue weighted by atomic mass is 16.5. The third-order valence-corrected chi connectivity index (χ3v) is 1.29. The van der Waals surface area contributed by atoms with Gasteiger partial charge in [-0.1, -0.05) is 20.8 Å². The molecule has 14 heavy (non-hydrogen) atoms. The SMILES string of the molecule is CCC(=O)OCC(C)C.c1ccoc1. The summed E-state index contributed by atoms with van der Waals surface area (Å²) in [5.41, 5.74) is 0. The van der Waals surface area contributed by atoms with E-state index < -0.39 is 0 Å². The first-order valence-electron chi connectivity index (χ1n) is 4.79. The minimum absolute atomic E-state index is 0.108. The van der Waals surface area contributed by atoms with Crippen LogP contribution in [0, 0.1) is 5.92 Å². The lowest BCUT2D eigenvalue weighted by molar-refractivity contribution is -0.144. The summed E-state index contributed by atoms with van der Waals surface area (Å²) in [5.74, 6) is 0.337. The van der Waals surface area contributed by atoms with Crippen LogP contribution in [0.25, 0.3) is 0 Å². The first-order chi connectivity index (χ1) is 6.66. The Kier molecular flexibility index (Phi) is 7.61. The second-order valence-corrected chi connectivity index (χ2v) is 3.22. The number of hydrogen-bond acceptors (Lipinski definition) is 3. The van der Waals surface area contributed by atoms with Gasteiger partial charge in [-0.2, -0.15) is 0 Å². The molecule has 0 aliphatic heterocycles. The van der Waals surface area contributed by atoms with E-state index in [0.717, 1.165) is 0 Å². The molecule has 1 aromatic rings. The zero-order valence-corrected chi connectivity index (χ0v) is 9.03. The van der Waals surface area contributed by atoms with Crippen molar-refractivity contribution in [3.05, 3.63) is 24.7 Å². The Bertz CT molecular complexity index is 197. The maximum Gasteiger partial charge on any atom is 0.305 e. The summed E-state index contributed by atoms with van der Waals surface area (Å²) in [4.78, 5) is 10.5. The Balaban J connectivity index is 0.000000280. The topological polar surface area (TPSA) is 39.4 Å². The van der Waals surface area contributed by atoms with Gasteiger partial charge in [-0.15, -0.1) is 0 Å². The van der Waals surface area contributed by atoms with Crippen LogP contribution in [0.4, 0.5) is 0 Å². The maximum atomic E-state index is 10.5. The summed E-state index contributed by atoms with van der Waals surface area (Å²) >= 11 is 0. The minimum atomic E-state index is -0.108. The van der Waals surface area contributed by atoms with Gasteiger partial charge in [0, 0.05) is 6.42 Å². The summed E-state index contributed by atoms with van der Waals surface area (Å²) in [7, 11) is 0. The fraction of sp³-hybridized carbons (Fsp3) is 0.545. The van der Waals surface area contributed by atoms with E-state index in [0.29, 0.717) is 18.9 Å². The quantitative estimate of drug-likeness (QED) is 0.701. The van der Waals surface area contributed by atoms with Crippen LogP contribution in [0.15, 0.2) is 29.1 Å². The minimum Gasteiger partial charge on any atom is -0.473 e. The Labute approximate surface area is 85.1 Å². The second kappa shape index (κ2) is 8.35. The van der Waals surface area contributed by atoms with Gasteiger partial charge in [0.25, 0.3) is 0 Å². The van der Waals surface area contributed by atoms with Crippen LogP contribution in [-0.4, -0.2) is 12.6 Å². The van der Waals surface area contributed by atoms with Gasteiger partial charge in [0.05, 0.1) is 19.1 Å². The molecule has 0 aliphatic rings. The monoisotopic (exact) mass is 198 g/mol. The van der Waals surface area contributed by atoms with Crippen LogP contribution in [0.3, 0.4) is 0 Å². The lowest BCUT2D eigenvalue weighted by atomic mass is 10.2. The maximum absolute atomic E-state index is 10.5. The van der Waals surface area contributed by atoms with Crippen molar-refractivity contribution in [2.45, 2.75) is 27.2 Å². The van der Waals surface area contributed by atoms with Crippen LogP contribution < -0.4 is 0 Å². The smallest absolute Gasteiger partial charge is 0.305 e. The zero-order chi connectivity index (χ0) is 10.8. The number of carbonyl (C=O) groups excluding carboxylic acids is 1. The fourth-order valence-electron chi connectivity index (χ4n) is 0.588. The highest BCUT2D eigenvalue weighted by Gasteiger charge is 1.98. The molecule has 80 valence electrons. The first-order valence-corrected chi connectivity index (χ1v) is 4.79. The van der Waals surface area contributed by atoms with Gasteiger partial charge in [0.1, 0.15) is 0 Å². The summed E-state index contributed by atoms with van der Waals surface area (Å²) in [6.45, 7) is 6.38. The first kappa shape index (κ1) is 12.8. The lowest BCUT2D eigenvalue weighted by Gasteiger charge is -2.04. The van der Waals surface area contributed by atoms with Crippen molar-refractivity contribution in [2.24, 2.45) is 5.92 Å². The number of carbonyl (C=O) groups is 1. The van der Waals surface area contributed by atoms with Crippen molar-refractivity contribution in [3.8, 4) is 0 Å². The van der Waals surface area contributed by atoms with Gasteiger partial charge < -0.3 is 9.15 Å². The van der Waals surface area contributed by atoms with Gasteiger partial charge in [-0.3, -0.25) is 4.79 Å². The van der Waals surface area contributed by atoms with Gasteiger partial charge in [-0.25, -0.2) is 0 Å². The molecule has 0 aliphatic carbocycles. The van der Waals surface area contributed by atoms with Gasteiger partial charge in [-0.05, 0) is 18.1 Å². The number of esters is 1. The van der Waals surface area contributed by atoms with Crippen molar-refractivity contribution in [3.63, 3.8) is 0 Å². The van der Waals surface area contributed by atoms with Gasteiger partial charge in [0.15, 0.2) is 0 Å². The normalized spacial score (nSPS) is 9.14. The van der Waals surface area contributed by atoms with Crippen LogP contribution in [0.2, 0.25) is 0 Å². The molecule has 0 fully saturated rings. The van der Waals surface area contributed by atoms with Crippen molar-refractivity contribution in [1.29, 1.82) is 0 Å². The molecule has 1 heterocycles. The summed E-state index contributed by atoms with van der Waals surface area (Å²) in [6, 6.07) is 3.67. The Morgan fingerprint density at radius 3 is 2.21 bits per heavy atom. The molecule has 0 spiro atoms. The Hall–Kier alpha value is -1.25. The molecule has 0 saturated carbocycles. The van der Waals surface area contributed by atoms with E-state index in [4.69, 9.17) is 4.74 Å². The molecule has 1 rings (SSSR count). The molecule has 0 bridgehead atoms. The summed E-state index contributed by atoms with van der Waals surface area (Å²) in [6.07, 6.45) is 3.73. The highest BCUT2D eigenvalue weighted by molar-refractivity contribution is 5.68. The average molecular weight is 198 g/mol. The Morgan fingerprint density at radius 2 is 1.93 bits per heavy atom. The summed E-state index contributed by atoms with van der Waals surface area (Å²) in [5, 5.41) is 0. The average Bonchev–Trinajstić information content (AvgIpc) is 2.71. The highest BCUT2D eigenvalue weighted by Crippen LogP contribution is 1.93. The van der Waals surface area contributed by atoms with Crippen LogP contribution in [0.5, 0.6) is 0 Å². The fourth-order valence-corrected chi connectivity index (χ4v) is 0.588. The summed E-state index contributed by atoms with van der Waals surface area (Å²) < 4.78 is 9.40. The number of furan rings is 1. The van der Waals surface area contributed by atoms with Crippen molar-refractivity contribution < 1.29 is 13.9 Å². The van der Waals surface area contributed by atoms with Crippen molar-refractivity contribution in [1.82, 2.24) is 0 Å². The molecule has 0 saturated heterocycles. The Morgan fingerprint density at radius 1 is 1.36 bits per heavy atom. The van der Waals surface area contributed by atoms with Crippen LogP contribution >= 0.6 is 0 Å². The van der Waals surface area contributed by atoms with Gasteiger partial charge in [0.2, 0.25) is 0 Å². The van der Waals surface area contributed by atoms with E-state index >= 15 is 0 Å². The number of hydrogen-bond donors (Lipinski definition) is 0. The van der Waals surface area contributed by atoms with E-state index in [1.165, 1.54) is 0 Å². The van der Waals surface area contributed by atoms with Crippen LogP contribution in [-0.2, 0) is 9.53 Å². The van der Waals surface area contributed by atoms with Gasteiger partial charge >= 0.3 is 5.97 Å². The molecule has 1 aromatic heterocycles. The predicted octanol–water partition coefficient (Wildman–Crippen LogP) is 2.88. The molecule has 0 N–H and O–H groups in total. The van der Waals surface area contributed by atoms with E-state index in [-0.39, 0.29) is 5.97 Å².